The van der Waals surface area contributed by atoms with Gasteiger partial charge in [-0.1, -0.05) is 6.92 Å². The molecule has 2 rings (SSSR count). The molecule has 2 saturated carbocycles. The quantitative estimate of drug-likeness (QED) is 0.519. The van der Waals surface area contributed by atoms with Gasteiger partial charge in [0.2, 0.25) is 0 Å². The van der Waals surface area contributed by atoms with E-state index in [-0.39, 0.29) is 0 Å². The van der Waals surface area contributed by atoms with Gasteiger partial charge in [-0.25, -0.2) is 0 Å². The van der Waals surface area contributed by atoms with E-state index in [1.807, 2.05) is 0 Å². The molecule has 0 amide bonds. The lowest BCUT2D eigenvalue weighted by Gasteiger charge is -2.40. The number of hydrogen-bond acceptors (Lipinski definition) is 1. The van der Waals surface area contributed by atoms with Gasteiger partial charge in [0, 0.05) is 12.3 Å². The van der Waals surface area contributed by atoms with E-state index in [2.05, 4.69) is 6.92 Å². The summed E-state index contributed by atoms with van der Waals surface area (Å²) in [6.45, 7) is 2.35. The molecule has 2 aliphatic carbocycles. The van der Waals surface area contributed by atoms with Crippen LogP contribution < -0.4 is 0 Å². The molecule has 0 aliphatic heterocycles. The Morgan fingerprint density at radius 2 is 2.29 bits per heavy atom. The van der Waals surface area contributed by atoms with Crippen LogP contribution in [0.4, 0.5) is 0 Å². The third kappa shape index (κ3) is 1.41. The van der Waals surface area contributed by atoms with Crippen molar-refractivity contribution in [3.05, 3.63) is 0 Å². The third-order valence-electron chi connectivity index (χ3n) is 4.79. The van der Waals surface area contributed by atoms with E-state index in [1.165, 1.54) is 19.3 Å². The minimum Gasteiger partial charge on any atom is -0.303 e. The Bertz CT molecular complexity index is 228. The Hall–Kier alpha value is -0.0400. The Labute approximate surface area is 91.2 Å². The molecule has 4 atom stereocenters. The average molecular weight is 215 g/mol. The molecular weight excluding hydrogens is 196 g/mol. The van der Waals surface area contributed by atoms with Crippen LogP contribution in [-0.2, 0) is 4.79 Å². The molecule has 0 aromatic heterocycles. The number of carbonyl (C=O) groups excluding carboxylic acids is 1. The second-order valence-corrected chi connectivity index (χ2v) is 5.55. The topological polar surface area (TPSA) is 17.1 Å². The molecule has 0 heterocycles. The highest BCUT2D eigenvalue weighted by Gasteiger charge is 2.54. The fourth-order valence-electron chi connectivity index (χ4n) is 3.88. The predicted octanol–water partition coefficient (Wildman–Crippen LogP) is 3.26. The maximum atomic E-state index is 10.5. The van der Waals surface area contributed by atoms with Crippen molar-refractivity contribution >= 4 is 17.9 Å². The van der Waals surface area contributed by atoms with Crippen LogP contribution in [0, 0.1) is 23.2 Å². The van der Waals surface area contributed by atoms with Crippen molar-refractivity contribution in [2.24, 2.45) is 23.2 Å². The van der Waals surface area contributed by atoms with Gasteiger partial charge in [-0.05, 0) is 48.9 Å². The van der Waals surface area contributed by atoms with Gasteiger partial charge in [-0.2, -0.15) is 0 Å². The van der Waals surface area contributed by atoms with Gasteiger partial charge in [0.05, 0.1) is 0 Å². The Kier molecular flexibility index (Phi) is 2.88. The van der Waals surface area contributed by atoms with Crippen molar-refractivity contribution in [2.75, 3.05) is 5.88 Å². The maximum Gasteiger partial charge on any atom is 0.120 e. The normalized spacial score (nSPS) is 45.7. The van der Waals surface area contributed by atoms with Crippen LogP contribution >= 0.6 is 11.6 Å². The minimum absolute atomic E-state index is 0.367. The first-order valence-electron chi connectivity index (χ1n) is 5.72. The second kappa shape index (κ2) is 3.84. The number of rotatable bonds is 4. The summed E-state index contributed by atoms with van der Waals surface area (Å²) in [6, 6.07) is 0. The van der Waals surface area contributed by atoms with Crippen LogP contribution in [0.2, 0.25) is 0 Å². The van der Waals surface area contributed by atoms with Crippen molar-refractivity contribution in [1.82, 2.24) is 0 Å². The molecule has 0 N–H and O–H groups in total. The molecule has 0 spiro atoms. The second-order valence-electron chi connectivity index (χ2n) is 5.24. The first-order chi connectivity index (χ1) is 6.72. The summed E-state index contributed by atoms with van der Waals surface area (Å²) in [7, 11) is 0. The number of alkyl halides is 1. The zero-order valence-electron chi connectivity index (χ0n) is 8.84. The van der Waals surface area contributed by atoms with E-state index in [1.54, 1.807) is 0 Å². The molecule has 0 unspecified atom stereocenters. The van der Waals surface area contributed by atoms with Crippen LogP contribution in [0.15, 0.2) is 0 Å². The lowest BCUT2D eigenvalue weighted by molar-refractivity contribution is -0.108. The molecule has 0 radical (unpaired) electrons. The molecule has 0 aromatic rings. The molecule has 14 heavy (non-hydrogen) atoms. The van der Waals surface area contributed by atoms with Crippen LogP contribution in [-0.4, -0.2) is 12.2 Å². The minimum atomic E-state index is 0.367. The van der Waals surface area contributed by atoms with E-state index in [9.17, 15) is 4.79 Å². The number of fused-ring (bicyclic) bond motifs is 2. The largest absolute Gasteiger partial charge is 0.303 e. The first-order valence-corrected chi connectivity index (χ1v) is 6.25. The lowest BCUT2D eigenvalue weighted by atomic mass is 9.66. The molecular formula is C12H19ClO. The zero-order valence-corrected chi connectivity index (χ0v) is 9.59. The van der Waals surface area contributed by atoms with Crippen molar-refractivity contribution < 1.29 is 4.79 Å². The molecule has 2 fully saturated rings. The summed E-state index contributed by atoms with van der Waals surface area (Å²) in [5, 5.41) is 0. The molecule has 80 valence electrons. The molecule has 0 aromatic carbocycles. The SMILES string of the molecule is C[C@@]1(CCC=O)[C@H]2CC[C@H](C2)[C@H]1CCl. The summed E-state index contributed by atoms with van der Waals surface area (Å²) in [5.41, 5.74) is 0.367. The van der Waals surface area contributed by atoms with Crippen LogP contribution in [0.5, 0.6) is 0 Å². The fourth-order valence-corrected chi connectivity index (χ4v) is 4.49. The lowest BCUT2D eigenvalue weighted by Crippen LogP contribution is -2.34. The number of aldehydes is 1. The van der Waals surface area contributed by atoms with Gasteiger partial charge in [0.15, 0.2) is 0 Å². The third-order valence-corrected chi connectivity index (χ3v) is 5.12. The highest BCUT2D eigenvalue weighted by Crippen LogP contribution is 2.61. The van der Waals surface area contributed by atoms with Crippen LogP contribution in [0.3, 0.4) is 0 Å². The van der Waals surface area contributed by atoms with E-state index >= 15 is 0 Å². The van der Waals surface area contributed by atoms with E-state index in [0.717, 1.165) is 30.4 Å². The van der Waals surface area contributed by atoms with Crippen LogP contribution in [0.25, 0.3) is 0 Å². The summed E-state index contributed by atoms with van der Waals surface area (Å²) >= 11 is 6.08. The summed E-state index contributed by atoms with van der Waals surface area (Å²) in [5.74, 6) is 3.16. The Morgan fingerprint density at radius 3 is 2.93 bits per heavy atom. The maximum absolute atomic E-state index is 10.5. The van der Waals surface area contributed by atoms with Gasteiger partial charge in [-0.15, -0.1) is 11.6 Å². The Balaban J connectivity index is 2.11. The number of carbonyl (C=O) groups is 1. The van der Waals surface area contributed by atoms with Gasteiger partial charge >= 0.3 is 0 Å². The molecule has 2 aliphatic rings. The fraction of sp³-hybridized carbons (Fsp3) is 0.917. The van der Waals surface area contributed by atoms with Crippen molar-refractivity contribution in [2.45, 2.75) is 39.0 Å². The predicted molar refractivity (Wildman–Crippen MR) is 58.4 cm³/mol. The van der Waals surface area contributed by atoms with E-state index < -0.39 is 0 Å². The first kappa shape index (κ1) is 10.5. The van der Waals surface area contributed by atoms with Crippen molar-refractivity contribution in [3.8, 4) is 0 Å². The van der Waals surface area contributed by atoms with Gasteiger partial charge in [-0.3, -0.25) is 0 Å². The van der Waals surface area contributed by atoms with Crippen molar-refractivity contribution in [1.29, 1.82) is 0 Å². The summed E-state index contributed by atoms with van der Waals surface area (Å²) < 4.78 is 0. The van der Waals surface area contributed by atoms with E-state index in [0.29, 0.717) is 17.8 Å². The van der Waals surface area contributed by atoms with Gasteiger partial charge in [0.25, 0.3) is 0 Å². The van der Waals surface area contributed by atoms with Gasteiger partial charge < -0.3 is 4.79 Å². The molecule has 0 saturated heterocycles. The van der Waals surface area contributed by atoms with Crippen molar-refractivity contribution in [3.63, 3.8) is 0 Å². The molecule has 2 heteroatoms. The number of halogens is 1. The summed E-state index contributed by atoms with van der Waals surface area (Å²) in [6.07, 6.45) is 6.93. The van der Waals surface area contributed by atoms with Gasteiger partial charge in [0.1, 0.15) is 6.29 Å². The molecule has 2 bridgehead atoms. The van der Waals surface area contributed by atoms with E-state index in [4.69, 9.17) is 11.6 Å². The zero-order chi connectivity index (χ0) is 10.2. The average Bonchev–Trinajstić information content (AvgIpc) is 2.74. The standard InChI is InChI=1S/C12H19ClO/c1-12(5-2-6-14)10-4-3-9(7-10)11(12)8-13/h6,9-11H,2-5,7-8H2,1H3/t9-,10+,11-,12-/m1/s1. The highest BCUT2D eigenvalue weighted by molar-refractivity contribution is 6.18. The monoisotopic (exact) mass is 214 g/mol. The number of hydrogen-bond donors (Lipinski definition) is 0. The molecule has 1 nitrogen and oxygen atoms in total. The highest BCUT2D eigenvalue weighted by atomic mass is 35.5. The van der Waals surface area contributed by atoms with Crippen LogP contribution in [0.1, 0.15) is 39.0 Å². The Morgan fingerprint density at radius 1 is 1.50 bits per heavy atom. The smallest absolute Gasteiger partial charge is 0.120 e. The summed E-state index contributed by atoms with van der Waals surface area (Å²) in [4.78, 5) is 10.5.